The molecule has 12 atom stereocenters. The predicted octanol–water partition coefficient (Wildman–Crippen LogP) is 4.69. The molecule has 0 aromatic carbocycles. The van der Waals surface area contributed by atoms with Gasteiger partial charge in [-0.2, -0.15) is 0 Å². The summed E-state index contributed by atoms with van der Waals surface area (Å²) in [7, 11) is 0. The molecule has 6 heteroatoms. The van der Waals surface area contributed by atoms with Crippen molar-refractivity contribution in [3.8, 4) is 0 Å². The minimum Gasteiger partial charge on any atom is -0.462 e. The average molecular weight is 519 g/mol. The zero-order chi connectivity index (χ0) is 27.7. The van der Waals surface area contributed by atoms with Gasteiger partial charge < -0.3 is 20.1 Å². The molecule has 37 heavy (non-hydrogen) atoms. The number of hydrogen-bond acceptors (Lipinski definition) is 6. The van der Waals surface area contributed by atoms with Crippen molar-refractivity contribution < 1.29 is 29.6 Å². The van der Waals surface area contributed by atoms with E-state index in [1.165, 1.54) is 6.92 Å². The molecular formula is C31H50O6. The van der Waals surface area contributed by atoms with E-state index in [9.17, 15) is 24.9 Å². The first-order chi connectivity index (χ1) is 17.0. The molecule has 4 aliphatic rings. The van der Waals surface area contributed by atoms with E-state index < -0.39 is 35.2 Å². The number of rotatable bonds is 5. The molecule has 4 aliphatic carbocycles. The van der Waals surface area contributed by atoms with Crippen LogP contribution in [0.1, 0.15) is 93.9 Å². The molecule has 4 fully saturated rings. The van der Waals surface area contributed by atoms with Gasteiger partial charge in [0.2, 0.25) is 0 Å². The van der Waals surface area contributed by atoms with Gasteiger partial charge >= 0.3 is 5.97 Å². The minimum atomic E-state index is -1.74. The second-order valence-electron chi connectivity index (χ2n) is 14.2. The molecule has 0 aromatic heterocycles. The molecule has 0 saturated heterocycles. The van der Waals surface area contributed by atoms with Crippen LogP contribution in [0.15, 0.2) is 12.2 Å². The molecule has 0 spiro atoms. The van der Waals surface area contributed by atoms with E-state index in [0.29, 0.717) is 36.5 Å². The van der Waals surface area contributed by atoms with Gasteiger partial charge in [-0.05, 0) is 73.0 Å². The van der Waals surface area contributed by atoms with Gasteiger partial charge in [-0.25, -0.2) is 0 Å². The summed E-state index contributed by atoms with van der Waals surface area (Å²) in [5, 5.41) is 33.7. The molecule has 4 saturated carbocycles. The number of fused-ring (bicyclic) bond motifs is 5. The summed E-state index contributed by atoms with van der Waals surface area (Å²) in [5.74, 6) is 0.667. The van der Waals surface area contributed by atoms with E-state index >= 15 is 0 Å². The van der Waals surface area contributed by atoms with Crippen LogP contribution < -0.4 is 0 Å². The topological polar surface area (TPSA) is 104 Å². The van der Waals surface area contributed by atoms with Gasteiger partial charge in [-0.3, -0.25) is 9.59 Å². The Morgan fingerprint density at radius 1 is 1.05 bits per heavy atom. The number of Topliss-reactive ketones (excluding diaryl/α,β-unsaturated/α-hetero) is 1. The summed E-state index contributed by atoms with van der Waals surface area (Å²) >= 11 is 0. The van der Waals surface area contributed by atoms with Crippen molar-refractivity contribution in [2.75, 3.05) is 0 Å². The number of aliphatic hydroxyl groups excluding tert-OH is 2. The molecule has 4 rings (SSSR count). The van der Waals surface area contributed by atoms with Crippen molar-refractivity contribution >= 4 is 11.8 Å². The Hall–Kier alpha value is -1.24. The highest BCUT2D eigenvalue weighted by atomic mass is 16.5. The lowest BCUT2D eigenvalue weighted by Crippen LogP contribution is -2.75. The minimum absolute atomic E-state index is 0.0428. The molecule has 3 N–H and O–H groups in total. The van der Waals surface area contributed by atoms with Crippen LogP contribution >= 0.6 is 0 Å². The van der Waals surface area contributed by atoms with Gasteiger partial charge in [-0.15, -0.1) is 0 Å². The highest BCUT2D eigenvalue weighted by Crippen LogP contribution is 2.74. The van der Waals surface area contributed by atoms with Crippen LogP contribution in [-0.4, -0.2) is 51.0 Å². The Kier molecular flexibility index (Phi) is 7.34. The molecule has 6 nitrogen and oxygen atoms in total. The monoisotopic (exact) mass is 518 g/mol. The van der Waals surface area contributed by atoms with Gasteiger partial charge in [-0.1, -0.05) is 53.7 Å². The van der Waals surface area contributed by atoms with Crippen LogP contribution in [-0.2, 0) is 14.3 Å². The fourth-order valence-corrected chi connectivity index (χ4v) is 9.44. The molecule has 0 heterocycles. The lowest BCUT2D eigenvalue weighted by atomic mass is 9.38. The maximum absolute atomic E-state index is 13.7. The van der Waals surface area contributed by atoms with E-state index in [0.717, 1.165) is 12.8 Å². The van der Waals surface area contributed by atoms with E-state index in [1.54, 1.807) is 6.92 Å². The summed E-state index contributed by atoms with van der Waals surface area (Å²) in [6, 6.07) is 0. The molecule has 0 aliphatic heterocycles. The van der Waals surface area contributed by atoms with Crippen LogP contribution in [0.25, 0.3) is 0 Å². The maximum atomic E-state index is 13.7. The number of hydrogen-bond donors (Lipinski definition) is 3. The predicted molar refractivity (Wildman–Crippen MR) is 142 cm³/mol. The highest BCUT2D eigenvalue weighted by molar-refractivity contribution is 5.88. The van der Waals surface area contributed by atoms with Gasteiger partial charge in [0, 0.05) is 25.7 Å². The molecule has 210 valence electrons. The third-order valence-electron chi connectivity index (χ3n) is 12.2. The number of aliphatic hydroxyl groups is 3. The number of esters is 1. The van der Waals surface area contributed by atoms with E-state index in [4.69, 9.17) is 4.74 Å². The first-order valence-electron chi connectivity index (χ1n) is 14.5. The first-order valence-corrected chi connectivity index (χ1v) is 14.5. The summed E-state index contributed by atoms with van der Waals surface area (Å²) in [4.78, 5) is 26.1. The van der Waals surface area contributed by atoms with Crippen molar-refractivity contribution in [3.05, 3.63) is 12.2 Å². The summed E-state index contributed by atoms with van der Waals surface area (Å²) in [6.45, 7) is 16.8. The Bertz CT molecular complexity index is 944. The zero-order valence-electron chi connectivity index (χ0n) is 24.2. The van der Waals surface area contributed by atoms with Gasteiger partial charge in [0.15, 0.2) is 0 Å². The number of ketones is 1. The maximum Gasteiger partial charge on any atom is 0.302 e. The zero-order valence-corrected chi connectivity index (χ0v) is 24.2. The molecular weight excluding hydrogens is 468 g/mol. The number of carbonyl (C=O) groups excluding carboxylic acids is 2. The van der Waals surface area contributed by atoms with Gasteiger partial charge in [0.25, 0.3) is 0 Å². The number of allylic oxidation sites excluding steroid dienone is 2. The van der Waals surface area contributed by atoms with E-state index in [-0.39, 0.29) is 41.3 Å². The van der Waals surface area contributed by atoms with Crippen molar-refractivity contribution in [2.45, 2.75) is 118 Å². The molecule has 0 bridgehead atoms. The van der Waals surface area contributed by atoms with Crippen molar-refractivity contribution in [3.63, 3.8) is 0 Å². The van der Waals surface area contributed by atoms with Crippen molar-refractivity contribution in [1.29, 1.82) is 0 Å². The normalized spacial score (nSPS) is 49.4. The quantitative estimate of drug-likeness (QED) is 0.360. The third-order valence-corrected chi connectivity index (χ3v) is 12.2. The molecule has 12 unspecified atom stereocenters. The second kappa shape index (κ2) is 9.45. The fourth-order valence-electron chi connectivity index (χ4n) is 9.44. The lowest BCUT2D eigenvalue weighted by Gasteiger charge is -2.68. The fraction of sp³-hybridized carbons (Fsp3) is 0.871. The van der Waals surface area contributed by atoms with E-state index in [2.05, 4.69) is 53.7 Å². The number of ether oxygens (including phenoxy) is 1. The summed E-state index contributed by atoms with van der Waals surface area (Å²) < 4.78 is 6.04. The smallest absolute Gasteiger partial charge is 0.302 e. The lowest BCUT2D eigenvalue weighted by molar-refractivity contribution is -0.283. The van der Waals surface area contributed by atoms with Gasteiger partial charge in [0.1, 0.15) is 17.5 Å². The van der Waals surface area contributed by atoms with Crippen LogP contribution in [0, 0.1) is 51.8 Å². The number of carbonyl (C=O) groups is 2. The summed E-state index contributed by atoms with van der Waals surface area (Å²) in [5.41, 5.74) is -3.39. The Morgan fingerprint density at radius 3 is 2.30 bits per heavy atom. The van der Waals surface area contributed by atoms with Crippen molar-refractivity contribution in [1.82, 2.24) is 0 Å². The summed E-state index contributed by atoms with van der Waals surface area (Å²) in [6.07, 6.45) is 4.94. The Labute approximate surface area is 223 Å². The van der Waals surface area contributed by atoms with Crippen LogP contribution in [0.2, 0.25) is 0 Å². The van der Waals surface area contributed by atoms with E-state index in [1.807, 2.05) is 0 Å². The molecule has 0 radical (unpaired) electrons. The Morgan fingerprint density at radius 2 is 1.70 bits per heavy atom. The second-order valence-corrected chi connectivity index (χ2v) is 14.2. The third kappa shape index (κ3) is 4.07. The highest BCUT2D eigenvalue weighted by Gasteiger charge is 2.75. The molecule has 0 amide bonds. The SMILES string of the molecule is CC(=O)OC1CC2(C)C(C(C)/C=C/C(C)C(C)C)CCC2(C)C2CC(O)C3(O)CC(O)CC(=O)C3(C)C12. The van der Waals surface area contributed by atoms with Crippen LogP contribution in [0.4, 0.5) is 0 Å². The standard InChI is InChI=1S/C31H50O6/c1-17(2)18(3)9-10-19(4)22-11-12-28(6)23-14-26(35)31(36)15-21(33)13-25(34)30(31,8)27(23)24(37-20(5)32)16-29(22,28)7/h9-10,17-19,21-24,26-27,33,35-36H,11-16H2,1-8H3/b10-9+. The molecule has 0 aromatic rings. The largest absolute Gasteiger partial charge is 0.462 e. The average Bonchev–Trinajstić information content (AvgIpc) is 3.05. The van der Waals surface area contributed by atoms with Gasteiger partial charge in [0.05, 0.1) is 17.6 Å². The van der Waals surface area contributed by atoms with Crippen LogP contribution in [0.3, 0.4) is 0 Å². The Balaban J connectivity index is 1.78. The first kappa shape index (κ1) is 28.8. The van der Waals surface area contributed by atoms with Crippen molar-refractivity contribution in [2.24, 2.45) is 51.8 Å². The van der Waals surface area contributed by atoms with Crippen LogP contribution in [0.5, 0.6) is 0 Å².